The van der Waals surface area contributed by atoms with Gasteiger partial charge in [0, 0.05) is 11.7 Å². The summed E-state index contributed by atoms with van der Waals surface area (Å²) < 4.78 is 54.6. The van der Waals surface area contributed by atoms with Crippen LogP contribution in [-0.4, -0.2) is 4.57 Å². The summed E-state index contributed by atoms with van der Waals surface area (Å²) in [4.78, 5) is 12.9. The normalized spacial score (nSPS) is 13.2. The van der Waals surface area contributed by atoms with Gasteiger partial charge in [-0.1, -0.05) is 18.2 Å². The van der Waals surface area contributed by atoms with Crippen LogP contribution in [0.5, 0.6) is 0 Å². The molecule has 1 heterocycles. The number of halogens is 4. The molecule has 25 heavy (non-hydrogen) atoms. The van der Waals surface area contributed by atoms with Crippen molar-refractivity contribution < 1.29 is 17.6 Å². The molecule has 0 fully saturated rings. The van der Waals surface area contributed by atoms with Crippen LogP contribution in [0.1, 0.15) is 24.2 Å². The highest BCUT2D eigenvalue weighted by Gasteiger charge is 2.34. The lowest BCUT2D eigenvalue weighted by molar-refractivity contribution is -0.136. The van der Waals surface area contributed by atoms with Crippen LogP contribution in [-0.2, 0) is 6.18 Å². The molecular weight excluding hydrogens is 336 g/mol. The Hall–Kier alpha value is -2.67. The fraction of sp³-hybridized carbons (Fsp3) is 0.167. The molecule has 0 unspecified atom stereocenters. The number of nitrogens with zero attached hydrogens (tertiary/aromatic N) is 1. The average molecular weight is 350 g/mol. The first kappa shape index (κ1) is 17.2. The SMILES string of the molecule is C[C@H](N)c1cc2cccc(C(F)(F)F)c2c(=O)n1-c1cccc(F)c1. The van der Waals surface area contributed by atoms with Gasteiger partial charge in [-0.2, -0.15) is 13.2 Å². The first-order chi connectivity index (χ1) is 11.7. The molecule has 7 heteroatoms. The summed E-state index contributed by atoms with van der Waals surface area (Å²) in [6.07, 6.45) is -4.69. The number of pyridine rings is 1. The van der Waals surface area contributed by atoms with Crippen LogP contribution in [0.2, 0.25) is 0 Å². The minimum absolute atomic E-state index is 0.121. The summed E-state index contributed by atoms with van der Waals surface area (Å²) in [5.41, 5.74) is 4.40. The molecule has 130 valence electrons. The first-order valence-corrected chi connectivity index (χ1v) is 7.47. The zero-order valence-corrected chi connectivity index (χ0v) is 13.1. The van der Waals surface area contributed by atoms with Gasteiger partial charge < -0.3 is 5.73 Å². The Kier molecular flexibility index (Phi) is 4.12. The number of fused-ring (bicyclic) bond motifs is 1. The van der Waals surface area contributed by atoms with Gasteiger partial charge in [-0.05, 0) is 42.6 Å². The quantitative estimate of drug-likeness (QED) is 0.705. The summed E-state index contributed by atoms with van der Waals surface area (Å²) in [6.45, 7) is 1.60. The zero-order chi connectivity index (χ0) is 18.4. The van der Waals surface area contributed by atoms with E-state index in [1.54, 1.807) is 6.92 Å². The summed E-state index contributed by atoms with van der Waals surface area (Å²) >= 11 is 0. The van der Waals surface area contributed by atoms with Crippen LogP contribution in [0, 0.1) is 5.82 Å². The fourth-order valence-electron chi connectivity index (χ4n) is 2.83. The minimum atomic E-state index is -4.69. The molecule has 0 bridgehead atoms. The summed E-state index contributed by atoms with van der Waals surface area (Å²) in [7, 11) is 0. The molecule has 0 aliphatic rings. The Morgan fingerprint density at radius 1 is 1.08 bits per heavy atom. The number of alkyl halides is 3. The van der Waals surface area contributed by atoms with Crippen LogP contribution in [0.15, 0.2) is 53.3 Å². The Labute approximate surface area is 140 Å². The van der Waals surface area contributed by atoms with Crippen molar-refractivity contribution in [1.29, 1.82) is 0 Å². The van der Waals surface area contributed by atoms with Crippen molar-refractivity contribution in [3.05, 3.63) is 76.0 Å². The molecule has 1 aromatic heterocycles. The lowest BCUT2D eigenvalue weighted by Gasteiger charge is -2.19. The number of benzene rings is 2. The number of aromatic nitrogens is 1. The number of rotatable bonds is 2. The van der Waals surface area contributed by atoms with Gasteiger partial charge in [-0.15, -0.1) is 0 Å². The second-order valence-electron chi connectivity index (χ2n) is 5.75. The molecule has 0 saturated heterocycles. The number of nitrogens with two attached hydrogens (primary N) is 1. The number of hydrogen-bond donors (Lipinski definition) is 1. The predicted octanol–water partition coefficient (Wildman–Crippen LogP) is 4.17. The monoisotopic (exact) mass is 350 g/mol. The predicted molar refractivity (Wildman–Crippen MR) is 87.1 cm³/mol. The van der Waals surface area contributed by atoms with Crippen LogP contribution in [0.25, 0.3) is 16.5 Å². The van der Waals surface area contributed by atoms with Gasteiger partial charge in [0.1, 0.15) is 5.82 Å². The van der Waals surface area contributed by atoms with E-state index in [-0.39, 0.29) is 11.1 Å². The molecule has 0 spiro atoms. The van der Waals surface area contributed by atoms with Crippen molar-refractivity contribution in [2.45, 2.75) is 19.1 Å². The largest absolute Gasteiger partial charge is 0.417 e. The molecule has 3 rings (SSSR count). The summed E-state index contributed by atoms with van der Waals surface area (Å²) in [6, 6.07) is 9.38. The minimum Gasteiger partial charge on any atom is -0.323 e. The molecule has 0 radical (unpaired) electrons. The van der Waals surface area contributed by atoms with Gasteiger partial charge in [-0.3, -0.25) is 9.36 Å². The molecule has 3 aromatic rings. The highest BCUT2D eigenvalue weighted by atomic mass is 19.4. The van der Waals surface area contributed by atoms with Crippen molar-refractivity contribution in [2.75, 3.05) is 0 Å². The highest BCUT2D eigenvalue weighted by Crippen LogP contribution is 2.34. The second-order valence-corrected chi connectivity index (χ2v) is 5.75. The molecule has 2 N–H and O–H groups in total. The van der Waals surface area contributed by atoms with E-state index < -0.39 is 34.5 Å². The Morgan fingerprint density at radius 2 is 1.76 bits per heavy atom. The Bertz CT molecular complexity index is 1010. The third-order valence-electron chi connectivity index (χ3n) is 3.91. The zero-order valence-electron chi connectivity index (χ0n) is 13.1. The van der Waals surface area contributed by atoms with Crippen LogP contribution >= 0.6 is 0 Å². The summed E-state index contributed by atoms with van der Waals surface area (Å²) in [5, 5.41) is -0.330. The van der Waals surface area contributed by atoms with Crippen molar-refractivity contribution in [3.63, 3.8) is 0 Å². The van der Waals surface area contributed by atoms with Gasteiger partial charge in [0.25, 0.3) is 5.56 Å². The van der Waals surface area contributed by atoms with Crippen molar-refractivity contribution in [1.82, 2.24) is 4.57 Å². The molecule has 0 saturated carbocycles. The number of hydrogen-bond acceptors (Lipinski definition) is 2. The molecule has 0 aliphatic heterocycles. The van der Waals surface area contributed by atoms with Gasteiger partial charge in [0.2, 0.25) is 0 Å². The maximum absolute atomic E-state index is 13.6. The van der Waals surface area contributed by atoms with E-state index in [2.05, 4.69) is 0 Å². The van der Waals surface area contributed by atoms with Crippen LogP contribution in [0.4, 0.5) is 17.6 Å². The molecular formula is C18H14F4N2O. The second kappa shape index (κ2) is 6.00. The van der Waals surface area contributed by atoms with Gasteiger partial charge in [-0.25, -0.2) is 4.39 Å². The lowest BCUT2D eigenvalue weighted by atomic mass is 10.0. The van der Waals surface area contributed by atoms with Gasteiger partial charge in [0.15, 0.2) is 0 Å². The molecule has 1 atom stereocenters. The van der Waals surface area contributed by atoms with Gasteiger partial charge >= 0.3 is 6.18 Å². The molecule has 0 aliphatic carbocycles. The molecule has 3 nitrogen and oxygen atoms in total. The standard InChI is InChI=1S/C18H14F4N2O/c1-10(23)15-8-11-4-2-7-14(18(20,21)22)16(11)17(25)24(15)13-6-3-5-12(19)9-13/h2-10H,23H2,1H3/t10-/m0/s1. The Balaban J connectivity index is 2.49. The van der Waals surface area contributed by atoms with E-state index in [4.69, 9.17) is 5.73 Å². The van der Waals surface area contributed by atoms with Crippen molar-refractivity contribution in [2.24, 2.45) is 5.73 Å². The maximum atomic E-state index is 13.6. The topological polar surface area (TPSA) is 48.0 Å². The third kappa shape index (κ3) is 3.02. The molecule has 0 amide bonds. The first-order valence-electron chi connectivity index (χ1n) is 7.47. The Morgan fingerprint density at radius 3 is 2.36 bits per heavy atom. The summed E-state index contributed by atoms with van der Waals surface area (Å²) in [5.74, 6) is -0.607. The van der Waals surface area contributed by atoms with E-state index in [0.717, 1.165) is 16.7 Å². The third-order valence-corrected chi connectivity index (χ3v) is 3.91. The smallest absolute Gasteiger partial charge is 0.323 e. The van der Waals surface area contributed by atoms with E-state index in [9.17, 15) is 22.4 Å². The van der Waals surface area contributed by atoms with E-state index in [1.807, 2.05) is 0 Å². The highest BCUT2D eigenvalue weighted by molar-refractivity contribution is 5.86. The van der Waals surface area contributed by atoms with E-state index >= 15 is 0 Å². The van der Waals surface area contributed by atoms with Crippen LogP contribution < -0.4 is 11.3 Å². The lowest BCUT2D eigenvalue weighted by Crippen LogP contribution is -2.27. The fourth-order valence-corrected chi connectivity index (χ4v) is 2.83. The van der Waals surface area contributed by atoms with E-state index in [0.29, 0.717) is 5.69 Å². The van der Waals surface area contributed by atoms with E-state index in [1.165, 1.54) is 36.4 Å². The van der Waals surface area contributed by atoms with Gasteiger partial charge in [0.05, 0.1) is 16.6 Å². The molecule has 2 aromatic carbocycles. The maximum Gasteiger partial charge on any atom is 0.417 e. The van der Waals surface area contributed by atoms with Crippen LogP contribution in [0.3, 0.4) is 0 Å². The van der Waals surface area contributed by atoms with Crippen molar-refractivity contribution >= 4 is 10.8 Å². The average Bonchev–Trinajstić information content (AvgIpc) is 2.53. The van der Waals surface area contributed by atoms with Crippen molar-refractivity contribution in [3.8, 4) is 5.69 Å².